The second-order valence-corrected chi connectivity index (χ2v) is 7.27. The lowest BCUT2D eigenvalue weighted by Crippen LogP contribution is -2.49. The second kappa shape index (κ2) is 12.9. The van der Waals surface area contributed by atoms with E-state index in [9.17, 15) is 24.3 Å². The van der Waals surface area contributed by atoms with Gasteiger partial charge in [-0.25, -0.2) is 9.59 Å². The molecule has 4 N–H and O–H groups in total. The zero-order valence-electron chi connectivity index (χ0n) is 18.3. The van der Waals surface area contributed by atoms with Gasteiger partial charge in [-0.05, 0) is 35.9 Å². The Hall–Kier alpha value is -4.05. The number of alkyl carbamates (subject to hydrolysis) is 1. The summed E-state index contributed by atoms with van der Waals surface area (Å²) in [5.41, 5.74) is 0.915. The fourth-order valence-electron chi connectivity index (χ4n) is 2.73. The van der Waals surface area contributed by atoms with Gasteiger partial charge in [0.1, 0.15) is 18.4 Å². The first-order valence-electron chi connectivity index (χ1n) is 10.0. The van der Waals surface area contributed by atoms with Gasteiger partial charge in [-0.15, -0.1) is 0 Å². The van der Waals surface area contributed by atoms with Gasteiger partial charge in [-0.2, -0.15) is 0 Å². The Bertz CT molecular complexity index is 1070. The molecule has 0 saturated heterocycles. The van der Waals surface area contributed by atoms with Crippen molar-refractivity contribution in [1.29, 1.82) is 0 Å². The van der Waals surface area contributed by atoms with E-state index in [0.717, 1.165) is 7.11 Å². The minimum atomic E-state index is -1.21. The fraction of sp³-hybridized carbons (Fsp3) is 0.217. The molecule has 0 bridgehead atoms. The summed E-state index contributed by atoms with van der Waals surface area (Å²) < 4.78 is 9.40. The summed E-state index contributed by atoms with van der Waals surface area (Å²) >= 11 is 6.20. The first kappa shape index (κ1) is 26.2. The molecule has 0 aromatic heterocycles. The van der Waals surface area contributed by atoms with Crippen molar-refractivity contribution in [3.8, 4) is 5.75 Å². The molecule has 0 heterocycles. The maximum atomic E-state index is 12.7. The van der Waals surface area contributed by atoms with Gasteiger partial charge in [0.2, 0.25) is 0 Å². The number of methoxy groups -OCH3 is 1. The number of aromatic hydroxyl groups is 1. The SMILES string of the molecule is C=CCOC(=O)NCC(NC(=O)c1ccc(C(=O)NCc2cccc(O)c2)cc1Cl)C(=O)OC. The van der Waals surface area contributed by atoms with Crippen LogP contribution in [-0.2, 0) is 20.8 Å². The third-order valence-electron chi connectivity index (χ3n) is 4.41. The van der Waals surface area contributed by atoms with E-state index < -0.39 is 29.9 Å². The molecule has 0 saturated carbocycles. The molecule has 11 heteroatoms. The van der Waals surface area contributed by atoms with Crippen LogP contribution in [0.1, 0.15) is 26.3 Å². The number of benzene rings is 2. The summed E-state index contributed by atoms with van der Waals surface area (Å²) in [7, 11) is 1.13. The highest BCUT2D eigenvalue weighted by Crippen LogP contribution is 2.19. The van der Waals surface area contributed by atoms with Gasteiger partial charge >= 0.3 is 12.1 Å². The smallest absolute Gasteiger partial charge is 0.407 e. The number of rotatable bonds is 10. The molecule has 180 valence electrons. The highest BCUT2D eigenvalue weighted by molar-refractivity contribution is 6.34. The summed E-state index contributed by atoms with van der Waals surface area (Å²) in [6.07, 6.45) is 0.569. The molecule has 10 nitrogen and oxygen atoms in total. The van der Waals surface area contributed by atoms with Crippen LogP contribution in [0.15, 0.2) is 55.1 Å². The third kappa shape index (κ3) is 7.82. The maximum Gasteiger partial charge on any atom is 0.407 e. The van der Waals surface area contributed by atoms with Gasteiger partial charge in [0, 0.05) is 12.1 Å². The Balaban J connectivity index is 2.02. The van der Waals surface area contributed by atoms with Gasteiger partial charge < -0.3 is 30.5 Å². The molecule has 1 unspecified atom stereocenters. The second-order valence-electron chi connectivity index (χ2n) is 6.86. The Kier molecular flexibility index (Phi) is 9.90. The zero-order chi connectivity index (χ0) is 25.1. The van der Waals surface area contributed by atoms with Crippen molar-refractivity contribution in [3.63, 3.8) is 0 Å². The van der Waals surface area contributed by atoms with E-state index in [0.29, 0.717) is 5.56 Å². The van der Waals surface area contributed by atoms with Crippen LogP contribution in [0.5, 0.6) is 5.75 Å². The van der Waals surface area contributed by atoms with Crippen LogP contribution in [-0.4, -0.2) is 55.3 Å². The first-order chi connectivity index (χ1) is 16.2. The van der Waals surface area contributed by atoms with E-state index >= 15 is 0 Å². The van der Waals surface area contributed by atoms with E-state index in [2.05, 4.69) is 27.3 Å². The number of phenols is 1. The van der Waals surface area contributed by atoms with E-state index in [1.807, 2.05) is 0 Å². The number of carbonyl (C=O) groups is 4. The Morgan fingerprint density at radius 3 is 2.53 bits per heavy atom. The van der Waals surface area contributed by atoms with E-state index in [1.54, 1.807) is 12.1 Å². The normalized spacial score (nSPS) is 11.0. The number of hydrogen-bond acceptors (Lipinski definition) is 7. The zero-order valence-corrected chi connectivity index (χ0v) is 19.1. The molecule has 1 atom stereocenters. The quantitative estimate of drug-likeness (QED) is 0.296. The lowest BCUT2D eigenvalue weighted by Gasteiger charge is -2.17. The number of carbonyl (C=O) groups excluding carboxylic acids is 4. The van der Waals surface area contributed by atoms with Crippen LogP contribution in [0.4, 0.5) is 4.79 Å². The highest BCUT2D eigenvalue weighted by atomic mass is 35.5. The van der Waals surface area contributed by atoms with Crippen molar-refractivity contribution in [2.45, 2.75) is 12.6 Å². The van der Waals surface area contributed by atoms with Crippen LogP contribution in [0, 0.1) is 0 Å². The number of ether oxygens (including phenoxy) is 2. The number of hydrogen-bond donors (Lipinski definition) is 4. The predicted octanol–water partition coefficient (Wildman–Crippen LogP) is 2.16. The monoisotopic (exact) mass is 489 g/mol. The maximum absolute atomic E-state index is 12.7. The lowest BCUT2D eigenvalue weighted by atomic mass is 10.1. The number of halogens is 1. The number of esters is 1. The molecule has 3 amide bonds. The van der Waals surface area contributed by atoms with Crippen LogP contribution < -0.4 is 16.0 Å². The van der Waals surface area contributed by atoms with Gasteiger partial charge in [0.25, 0.3) is 11.8 Å². The van der Waals surface area contributed by atoms with Gasteiger partial charge in [-0.1, -0.05) is 36.4 Å². The van der Waals surface area contributed by atoms with Crippen LogP contribution in [0.3, 0.4) is 0 Å². The summed E-state index contributed by atoms with van der Waals surface area (Å²) in [5, 5.41) is 16.9. The van der Waals surface area contributed by atoms with E-state index in [1.165, 1.54) is 36.4 Å². The summed E-state index contributed by atoms with van der Waals surface area (Å²) in [6.45, 7) is 3.28. The third-order valence-corrected chi connectivity index (χ3v) is 4.73. The van der Waals surface area contributed by atoms with Crippen molar-refractivity contribution >= 4 is 35.5 Å². The van der Waals surface area contributed by atoms with Crippen molar-refractivity contribution in [1.82, 2.24) is 16.0 Å². The number of amides is 3. The number of phenolic OH excluding ortho intramolecular Hbond substituents is 1. The first-order valence-corrected chi connectivity index (χ1v) is 10.4. The molecular weight excluding hydrogens is 466 g/mol. The molecular formula is C23H24ClN3O7. The standard InChI is InChI=1S/C23H24ClN3O7/c1-3-9-34-23(32)26-13-19(22(31)33-2)27-21(30)17-8-7-15(11-18(17)24)20(29)25-12-14-5-4-6-16(28)10-14/h3-8,10-11,19,28H,1,9,12-13H2,2H3,(H,25,29)(H,26,32)(H,27,30). The van der Waals surface area contributed by atoms with Crippen molar-refractivity contribution in [2.75, 3.05) is 20.3 Å². The molecule has 0 radical (unpaired) electrons. The largest absolute Gasteiger partial charge is 0.508 e. The molecule has 0 aliphatic heterocycles. The molecule has 2 aromatic carbocycles. The topological polar surface area (TPSA) is 143 Å². The van der Waals surface area contributed by atoms with E-state index in [4.69, 9.17) is 16.3 Å². The minimum absolute atomic E-state index is 0.00864. The van der Waals surface area contributed by atoms with Crippen molar-refractivity contribution in [3.05, 3.63) is 76.8 Å². The molecule has 2 rings (SSSR count). The van der Waals surface area contributed by atoms with Crippen molar-refractivity contribution in [2.24, 2.45) is 0 Å². The van der Waals surface area contributed by atoms with Crippen LogP contribution in [0.25, 0.3) is 0 Å². The van der Waals surface area contributed by atoms with Crippen LogP contribution >= 0.6 is 11.6 Å². The molecule has 0 fully saturated rings. The minimum Gasteiger partial charge on any atom is -0.508 e. The fourth-order valence-corrected chi connectivity index (χ4v) is 3.00. The van der Waals surface area contributed by atoms with Crippen LogP contribution in [0.2, 0.25) is 5.02 Å². The molecule has 0 spiro atoms. The van der Waals surface area contributed by atoms with Crippen molar-refractivity contribution < 1.29 is 33.8 Å². The molecule has 0 aliphatic rings. The Morgan fingerprint density at radius 1 is 1.12 bits per heavy atom. The van der Waals surface area contributed by atoms with Gasteiger partial charge in [-0.3, -0.25) is 9.59 Å². The molecule has 2 aromatic rings. The molecule has 0 aliphatic carbocycles. The summed E-state index contributed by atoms with van der Waals surface area (Å²) in [4.78, 5) is 48.6. The predicted molar refractivity (Wildman–Crippen MR) is 124 cm³/mol. The van der Waals surface area contributed by atoms with Gasteiger partial charge in [0.15, 0.2) is 0 Å². The van der Waals surface area contributed by atoms with E-state index in [-0.39, 0.29) is 41.6 Å². The Labute approximate surface area is 200 Å². The lowest BCUT2D eigenvalue weighted by molar-refractivity contribution is -0.142. The average molecular weight is 490 g/mol. The summed E-state index contributed by atoms with van der Waals surface area (Å²) in [6, 6.07) is 9.27. The number of nitrogens with one attached hydrogen (secondary N) is 3. The molecule has 34 heavy (non-hydrogen) atoms. The average Bonchev–Trinajstić information content (AvgIpc) is 2.82. The highest BCUT2D eigenvalue weighted by Gasteiger charge is 2.24. The Morgan fingerprint density at radius 2 is 1.88 bits per heavy atom. The summed E-state index contributed by atoms with van der Waals surface area (Å²) in [5.74, 6) is -1.86. The van der Waals surface area contributed by atoms with Gasteiger partial charge in [0.05, 0.1) is 24.2 Å².